The summed E-state index contributed by atoms with van der Waals surface area (Å²) in [7, 11) is 0. The number of amides is 1. The van der Waals surface area contributed by atoms with Gasteiger partial charge in [-0.25, -0.2) is 0 Å². The summed E-state index contributed by atoms with van der Waals surface area (Å²) in [5.41, 5.74) is 4.97. The molecular formula is C31H38F3NO3. The van der Waals surface area contributed by atoms with Crippen LogP contribution >= 0.6 is 0 Å². The first-order valence-corrected chi connectivity index (χ1v) is 13.9. The fourth-order valence-electron chi connectivity index (χ4n) is 5.61. The van der Waals surface area contributed by atoms with Crippen molar-refractivity contribution in [3.05, 3.63) is 65.2 Å². The van der Waals surface area contributed by atoms with E-state index in [2.05, 4.69) is 17.4 Å². The highest BCUT2D eigenvalue weighted by molar-refractivity contribution is 5.82. The zero-order chi connectivity index (χ0) is 27.0. The van der Waals surface area contributed by atoms with Gasteiger partial charge in [0, 0.05) is 12.5 Å². The lowest BCUT2D eigenvalue weighted by atomic mass is 9.81. The van der Waals surface area contributed by atoms with E-state index in [0.717, 1.165) is 42.6 Å². The Kier molecular flexibility index (Phi) is 9.75. The van der Waals surface area contributed by atoms with Crippen LogP contribution in [0.25, 0.3) is 5.57 Å². The first kappa shape index (κ1) is 28.1. The maximum Gasteiger partial charge on any atom is 0.391 e. The molecule has 2 aliphatic rings. The first-order chi connectivity index (χ1) is 18.3. The van der Waals surface area contributed by atoms with Gasteiger partial charge in [0.2, 0.25) is 5.91 Å². The van der Waals surface area contributed by atoms with E-state index in [9.17, 15) is 23.1 Å². The highest BCUT2D eigenvalue weighted by atomic mass is 19.4. The van der Waals surface area contributed by atoms with Gasteiger partial charge in [-0.2, -0.15) is 13.2 Å². The third kappa shape index (κ3) is 7.78. The number of hydrogen-bond acceptors (Lipinski definition) is 3. The molecule has 2 fully saturated rings. The van der Waals surface area contributed by atoms with E-state index in [1.54, 1.807) is 12.1 Å². The van der Waals surface area contributed by atoms with E-state index in [4.69, 9.17) is 4.74 Å². The fourth-order valence-corrected chi connectivity index (χ4v) is 5.61. The van der Waals surface area contributed by atoms with Gasteiger partial charge in [0.15, 0.2) is 0 Å². The van der Waals surface area contributed by atoms with Crippen molar-refractivity contribution in [2.24, 2.45) is 11.8 Å². The lowest BCUT2D eigenvalue weighted by Crippen LogP contribution is -2.36. The van der Waals surface area contributed by atoms with Gasteiger partial charge in [0.1, 0.15) is 11.5 Å². The predicted molar refractivity (Wildman–Crippen MR) is 143 cm³/mol. The molecule has 0 aliphatic heterocycles. The van der Waals surface area contributed by atoms with E-state index in [0.29, 0.717) is 26.0 Å². The molecule has 38 heavy (non-hydrogen) atoms. The van der Waals surface area contributed by atoms with Crippen molar-refractivity contribution in [1.29, 1.82) is 0 Å². The summed E-state index contributed by atoms with van der Waals surface area (Å²) in [4.78, 5) is 12.3. The summed E-state index contributed by atoms with van der Waals surface area (Å²) in [5.74, 6) is -0.644. The van der Waals surface area contributed by atoms with Crippen LogP contribution in [-0.4, -0.2) is 30.3 Å². The number of rotatable bonds is 9. The van der Waals surface area contributed by atoms with Crippen LogP contribution in [0.2, 0.25) is 0 Å². The van der Waals surface area contributed by atoms with Crippen LogP contribution in [0.4, 0.5) is 13.2 Å². The highest BCUT2D eigenvalue weighted by Crippen LogP contribution is 2.39. The molecule has 0 saturated heterocycles. The van der Waals surface area contributed by atoms with Gasteiger partial charge >= 0.3 is 6.18 Å². The van der Waals surface area contributed by atoms with E-state index in [1.165, 1.54) is 30.4 Å². The molecule has 4 rings (SSSR count). The summed E-state index contributed by atoms with van der Waals surface area (Å²) >= 11 is 0. The average molecular weight is 530 g/mol. The van der Waals surface area contributed by atoms with Crippen molar-refractivity contribution < 1.29 is 27.8 Å². The van der Waals surface area contributed by atoms with Crippen molar-refractivity contribution >= 4 is 11.5 Å². The van der Waals surface area contributed by atoms with Crippen molar-refractivity contribution in [3.63, 3.8) is 0 Å². The van der Waals surface area contributed by atoms with Gasteiger partial charge in [0.05, 0.1) is 12.5 Å². The number of halogens is 3. The van der Waals surface area contributed by atoms with Gasteiger partial charge in [-0.15, -0.1) is 0 Å². The number of ether oxygens (including phenoxy) is 1. The van der Waals surface area contributed by atoms with Crippen molar-refractivity contribution in [1.82, 2.24) is 5.32 Å². The van der Waals surface area contributed by atoms with Crippen molar-refractivity contribution in [3.8, 4) is 11.5 Å². The van der Waals surface area contributed by atoms with Crippen LogP contribution < -0.4 is 10.1 Å². The Morgan fingerprint density at radius 2 is 1.47 bits per heavy atom. The van der Waals surface area contributed by atoms with Gasteiger partial charge in [-0.05, 0) is 105 Å². The number of hydrogen-bond donors (Lipinski definition) is 2. The number of aromatic hydroxyl groups is 1. The number of nitrogens with one attached hydrogen (secondary N) is 1. The molecule has 0 spiro atoms. The fraction of sp³-hybridized carbons (Fsp3) is 0.516. The predicted octanol–water partition coefficient (Wildman–Crippen LogP) is 7.80. The number of allylic oxidation sites excluding steroid dienone is 1. The van der Waals surface area contributed by atoms with Gasteiger partial charge < -0.3 is 15.2 Å². The monoisotopic (exact) mass is 529 g/mol. The standard InChI is InChI=1S/C31H38F3NO3/c32-31(33,34)26-14-8-25(9-15-26)30(37)35-20-4-5-21-38-28-18-12-24(13-19-28)29(22-6-2-1-3-7-22)23-10-16-27(36)17-11-23/h10-13,16-19,25-26,36H,1-9,14-15,20-21H2,(H,35,37)/t25-,26-. The van der Waals surface area contributed by atoms with Crippen molar-refractivity contribution in [2.75, 3.05) is 13.2 Å². The zero-order valence-corrected chi connectivity index (χ0v) is 21.9. The molecule has 2 saturated carbocycles. The highest BCUT2D eigenvalue weighted by Gasteiger charge is 2.42. The number of phenolic OH excluding ortho intramolecular Hbond substituents is 1. The van der Waals surface area contributed by atoms with Crippen LogP contribution in [0.15, 0.2) is 54.1 Å². The molecule has 2 aliphatic carbocycles. The maximum absolute atomic E-state index is 12.8. The van der Waals surface area contributed by atoms with Crippen LogP contribution in [0.5, 0.6) is 11.5 Å². The molecule has 4 nitrogen and oxygen atoms in total. The van der Waals surface area contributed by atoms with E-state index in [-0.39, 0.29) is 30.4 Å². The first-order valence-electron chi connectivity index (χ1n) is 13.9. The van der Waals surface area contributed by atoms with Gasteiger partial charge in [-0.3, -0.25) is 4.79 Å². The van der Waals surface area contributed by atoms with Crippen LogP contribution in [0.1, 0.15) is 81.8 Å². The van der Waals surface area contributed by atoms with E-state index in [1.807, 2.05) is 24.3 Å². The molecule has 0 radical (unpaired) electrons. The number of benzene rings is 2. The number of alkyl halides is 3. The SMILES string of the molecule is O=C(NCCCCOc1ccc(C(=C2CCCCC2)c2ccc(O)cc2)cc1)[C@H]1CC[C@H](C(F)(F)F)CC1. The largest absolute Gasteiger partial charge is 0.508 e. The topological polar surface area (TPSA) is 58.6 Å². The number of carbonyl (C=O) groups is 1. The Morgan fingerprint density at radius 3 is 2.08 bits per heavy atom. The molecule has 2 aromatic rings. The zero-order valence-electron chi connectivity index (χ0n) is 21.9. The van der Waals surface area contributed by atoms with Crippen LogP contribution in [-0.2, 0) is 4.79 Å². The second-order valence-corrected chi connectivity index (χ2v) is 10.5. The lowest BCUT2D eigenvalue weighted by molar-refractivity contribution is -0.184. The molecular weight excluding hydrogens is 491 g/mol. The Bertz CT molecular complexity index is 1060. The summed E-state index contributed by atoms with van der Waals surface area (Å²) < 4.78 is 44.3. The Morgan fingerprint density at radius 1 is 0.868 bits per heavy atom. The molecule has 2 aromatic carbocycles. The van der Waals surface area contributed by atoms with Crippen LogP contribution in [0, 0.1) is 11.8 Å². The third-order valence-corrected chi connectivity index (χ3v) is 7.81. The molecule has 1 amide bonds. The number of phenols is 1. The smallest absolute Gasteiger partial charge is 0.391 e. The quantitative estimate of drug-likeness (QED) is 0.326. The summed E-state index contributed by atoms with van der Waals surface area (Å²) in [6, 6.07) is 15.6. The lowest BCUT2D eigenvalue weighted by Gasteiger charge is -2.29. The summed E-state index contributed by atoms with van der Waals surface area (Å²) in [5, 5.41) is 12.6. The maximum atomic E-state index is 12.8. The molecule has 0 aromatic heterocycles. The minimum Gasteiger partial charge on any atom is -0.508 e. The molecule has 0 unspecified atom stereocenters. The molecule has 206 valence electrons. The molecule has 0 heterocycles. The molecule has 0 atom stereocenters. The van der Waals surface area contributed by atoms with E-state index >= 15 is 0 Å². The minimum absolute atomic E-state index is 0.0434. The second kappa shape index (κ2) is 13.2. The number of carbonyl (C=O) groups excluding carboxylic acids is 1. The third-order valence-electron chi connectivity index (χ3n) is 7.81. The Labute approximate surface area is 223 Å². The minimum atomic E-state index is -4.15. The molecule has 0 bridgehead atoms. The van der Waals surface area contributed by atoms with E-state index < -0.39 is 12.1 Å². The van der Waals surface area contributed by atoms with Crippen LogP contribution in [0.3, 0.4) is 0 Å². The summed E-state index contributed by atoms with van der Waals surface area (Å²) in [6.07, 6.45) is 3.94. The Hall–Kier alpha value is -2.96. The van der Waals surface area contributed by atoms with Gasteiger partial charge in [-0.1, -0.05) is 36.3 Å². The number of unbranched alkanes of at least 4 members (excludes halogenated alkanes) is 1. The summed E-state index contributed by atoms with van der Waals surface area (Å²) in [6.45, 7) is 1.03. The normalized spacial score (nSPS) is 20.1. The molecule has 7 heteroatoms. The Balaban J connectivity index is 1.21. The van der Waals surface area contributed by atoms with Crippen molar-refractivity contribution in [2.45, 2.75) is 76.8 Å². The van der Waals surface area contributed by atoms with Gasteiger partial charge in [0.25, 0.3) is 0 Å². The average Bonchev–Trinajstić information content (AvgIpc) is 2.93. The molecule has 2 N–H and O–H groups in total. The second-order valence-electron chi connectivity index (χ2n) is 10.5.